The third-order valence-electron chi connectivity index (χ3n) is 6.26. The van der Waals surface area contributed by atoms with Crippen molar-refractivity contribution >= 4 is 22.2 Å². The van der Waals surface area contributed by atoms with Gasteiger partial charge in [0.2, 0.25) is 5.71 Å². The van der Waals surface area contributed by atoms with Crippen molar-refractivity contribution in [3.8, 4) is 45.3 Å². The Labute approximate surface area is 212 Å². The van der Waals surface area contributed by atoms with E-state index in [2.05, 4.69) is 28.2 Å². The fraction of sp³-hybridized carbons (Fsp3) is 0. The molecule has 0 radical (unpaired) electrons. The van der Waals surface area contributed by atoms with Crippen LogP contribution in [0.5, 0.6) is 0 Å². The van der Waals surface area contributed by atoms with Crippen LogP contribution in [0.1, 0.15) is 0 Å². The summed E-state index contributed by atoms with van der Waals surface area (Å²) in [5, 5.41) is 0.934. The molecule has 37 heavy (non-hydrogen) atoms. The first-order chi connectivity index (χ1) is 18.3. The van der Waals surface area contributed by atoms with Crippen molar-refractivity contribution in [2.45, 2.75) is 0 Å². The Bertz CT molecular complexity index is 1820. The van der Waals surface area contributed by atoms with Crippen LogP contribution in [-0.2, 0) is 0 Å². The molecule has 0 aliphatic carbocycles. The minimum absolute atomic E-state index is 0.537. The van der Waals surface area contributed by atoms with Crippen LogP contribution in [0.15, 0.2) is 120 Å². The number of hydrogen-bond donors (Lipinski definition) is 0. The highest BCUT2D eigenvalue weighted by atomic mass is 16.3. The molecule has 174 valence electrons. The molecule has 0 aliphatic rings. The summed E-state index contributed by atoms with van der Waals surface area (Å²) in [7, 11) is 0. The normalized spacial score (nSPS) is 11.2. The molecule has 0 atom stereocenters. The van der Waals surface area contributed by atoms with Gasteiger partial charge in [-0.3, -0.25) is 0 Å². The van der Waals surface area contributed by atoms with Crippen LogP contribution >= 0.6 is 0 Å². The topological polar surface area (TPSA) is 77.6 Å². The first-order valence-corrected chi connectivity index (χ1v) is 11.9. The Kier molecular flexibility index (Phi) is 5.00. The second-order valence-electron chi connectivity index (χ2n) is 8.64. The Morgan fingerprint density at radius 2 is 1.03 bits per heavy atom. The summed E-state index contributed by atoms with van der Waals surface area (Å²) in [4.78, 5) is 23.3. The second kappa shape index (κ2) is 8.77. The largest absolute Gasteiger partial charge is 0.436 e. The average Bonchev–Trinajstić information content (AvgIpc) is 3.36. The zero-order chi connectivity index (χ0) is 24.6. The van der Waals surface area contributed by atoms with E-state index in [0.29, 0.717) is 23.2 Å². The van der Waals surface area contributed by atoms with E-state index in [4.69, 9.17) is 19.4 Å². The first-order valence-electron chi connectivity index (χ1n) is 11.9. The maximum atomic E-state index is 5.85. The van der Waals surface area contributed by atoms with Crippen molar-refractivity contribution in [2.75, 3.05) is 0 Å². The van der Waals surface area contributed by atoms with Crippen LogP contribution < -0.4 is 0 Å². The van der Waals surface area contributed by atoms with E-state index in [1.165, 1.54) is 0 Å². The summed E-state index contributed by atoms with van der Waals surface area (Å²) in [6, 6.07) is 34.3. The van der Waals surface area contributed by atoms with Gasteiger partial charge in [0.25, 0.3) is 0 Å². The molecule has 6 nitrogen and oxygen atoms in total. The molecule has 6 heteroatoms. The Balaban J connectivity index is 1.36. The maximum Gasteiger partial charge on any atom is 0.246 e. The number of furan rings is 1. The molecule has 0 N–H and O–H groups in total. The average molecular weight is 478 g/mol. The monoisotopic (exact) mass is 477 g/mol. The lowest BCUT2D eigenvalue weighted by Crippen LogP contribution is -2.00. The number of hydrogen-bond acceptors (Lipinski definition) is 6. The van der Waals surface area contributed by atoms with Crippen LogP contribution in [0, 0.1) is 0 Å². The smallest absolute Gasteiger partial charge is 0.246 e. The Morgan fingerprint density at radius 1 is 0.459 bits per heavy atom. The van der Waals surface area contributed by atoms with Crippen molar-refractivity contribution in [3.05, 3.63) is 116 Å². The van der Waals surface area contributed by atoms with Gasteiger partial charge in [0.15, 0.2) is 17.5 Å². The molecule has 0 fully saturated rings. The van der Waals surface area contributed by atoms with Gasteiger partial charge in [-0.25, -0.2) is 24.9 Å². The lowest BCUT2D eigenvalue weighted by molar-refractivity contribution is 0.653. The van der Waals surface area contributed by atoms with Crippen molar-refractivity contribution in [1.29, 1.82) is 0 Å². The zero-order valence-corrected chi connectivity index (χ0v) is 19.6. The summed E-state index contributed by atoms with van der Waals surface area (Å²) in [5.41, 5.74) is 6.94. The third kappa shape index (κ3) is 3.90. The van der Waals surface area contributed by atoms with E-state index in [1.54, 1.807) is 12.4 Å². The molecule has 3 aromatic heterocycles. The lowest BCUT2D eigenvalue weighted by atomic mass is 10.0. The lowest BCUT2D eigenvalue weighted by Gasteiger charge is -2.09. The number of rotatable bonds is 4. The van der Waals surface area contributed by atoms with E-state index >= 15 is 0 Å². The maximum absolute atomic E-state index is 5.85. The molecule has 7 aromatic rings. The minimum atomic E-state index is 0.537. The number of aromatic nitrogens is 5. The van der Waals surface area contributed by atoms with Gasteiger partial charge in [-0.05, 0) is 29.3 Å². The van der Waals surface area contributed by atoms with Gasteiger partial charge in [-0.15, -0.1) is 0 Å². The first kappa shape index (κ1) is 21.1. The second-order valence-corrected chi connectivity index (χ2v) is 8.64. The fourth-order valence-corrected chi connectivity index (χ4v) is 4.45. The van der Waals surface area contributed by atoms with Gasteiger partial charge < -0.3 is 4.42 Å². The predicted molar refractivity (Wildman–Crippen MR) is 144 cm³/mol. The quantitative estimate of drug-likeness (QED) is 0.266. The van der Waals surface area contributed by atoms with E-state index < -0.39 is 0 Å². The third-order valence-corrected chi connectivity index (χ3v) is 6.26. The highest BCUT2D eigenvalue weighted by Crippen LogP contribution is 2.32. The SMILES string of the molecule is c1ccc(-c2nc(-c3ccccc3)nc(-c3cccc(-c4ccc5oc6nccnc6c5c4)c3)n2)cc1. The molecule has 7 rings (SSSR count). The Morgan fingerprint density at radius 3 is 1.73 bits per heavy atom. The van der Waals surface area contributed by atoms with E-state index in [0.717, 1.165) is 44.3 Å². The van der Waals surface area contributed by atoms with Crippen molar-refractivity contribution in [1.82, 2.24) is 24.9 Å². The van der Waals surface area contributed by atoms with Gasteiger partial charge in [-0.1, -0.05) is 84.9 Å². The fourth-order valence-electron chi connectivity index (χ4n) is 4.45. The summed E-state index contributed by atoms with van der Waals surface area (Å²) in [6.07, 6.45) is 3.32. The van der Waals surface area contributed by atoms with E-state index in [9.17, 15) is 0 Å². The molecule has 0 amide bonds. The molecule has 0 bridgehead atoms. The van der Waals surface area contributed by atoms with Gasteiger partial charge >= 0.3 is 0 Å². The van der Waals surface area contributed by atoms with E-state index in [1.807, 2.05) is 84.9 Å². The molecule has 0 saturated heterocycles. The van der Waals surface area contributed by atoms with Gasteiger partial charge in [0.05, 0.1) is 0 Å². The van der Waals surface area contributed by atoms with Crippen LogP contribution in [0.3, 0.4) is 0 Å². The van der Waals surface area contributed by atoms with Crippen molar-refractivity contribution < 1.29 is 4.42 Å². The summed E-state index contributed by atoms with van der Waals surface area (Å²) >= 11 is 0. The number of benzene rings is 4. The Hall–Kier alpha value is -5.23. The standard InChI is InChI=1S/C31H19N5O/c1-3-8-20(9-4-1)28-34-29(21-10-5-2-6-11-21)36-30(35-28)24-13-7-12-22(18-24)23-14-15-26-25(19-23)27-31(37-26)33-17-16-32-27/h1-19H. The van der Waals surface area contributed by atoms with Crippen molar-refractivity contribution in [2.24, 2.45) is 0 Å². The molecule has 0 saturated carbocycles. The van der Waals surface area contributed by atoms with Crippen LogP contribution in [0.2, 0.25) is 0 Å². The van der Waals surface area contributed by atoms with Crippen LogP contribution in [0.4, 0.5) is 0 Å². The van der Waals surface area contributed by atoms with Crippen LogP contribution in [0.25, 0.3) is 67.5 Å². The van der Waals surface area contributed by atoms with E-state index in [-0.39, 0.29) is 0 Å². The number of fused-ring (bicyclic) bond motifs is 3. The van der Waals surface area contributed by atoms with Crippen molar-refractivity contribution in [3.63, 3.8) is 0 Å². The summed E-state index contributed by atoms with van der Waals surface area (Å²) < 4.78 is 5.85. The predicted octanol–water partition coefficient (Wildman–Crippen LogP) is 7.23. The zero-order valence-electron chi connectivity index (χ0n) is 19.6. The van der Waals surface area contributed by atoms with Gasteiger partial charge in [0.1, 0.15) is 11.1 Å². The number of nitrogens with zero attached hydrogens (tertiary/aromatic N) is 5. The van der Waals surface area contributed by atoms with Crippen LogP contribution in [-0.4, -0.2) is 24.9 Å². The molecule has 3 heterocycles. The van der Waals surface area contributed by atoms with Gasteiger partial charge in [0, 0.05) is 34.5 Å². The molecule has 0 unspecified atom stereocenters. The minimum Gasteiger partial charge on any atom is -0.436 e. The molecule has 4 aromatic carbocycles. The molecular weight excluding hydrogens is 458 g/mol. The molecule has 0 aliphatic heterocycles. The summed E-state index contributed by atoms with van der Waals surface area (Å²) in [6.45, 7) is 0. The molecule has 0 spiro atoms. The highest BCUT2D eigenvalue weighted by molar-refractivity contribution is 6.02. The highest BCUT2D eigenvalue weighted by Gasteiger charge is 2.14. The summed E-state index contributed by atoms with van der Waals surface area (Å²) in [5.74, 6) is 1.90. The molecular formula is C31H19N5O. The van der Waals surface area contributed by atoms with Gasteiger partial charge in [-0.2, -0.15) is 0 Å².